The van der Waals surface area contributed by atoms with E-state index in [0.29, 0.717) is 19.8 Å². The quantitative estimate of drug-likeness (QED) is 0.795. The standard InChI is InChI=1S/C20H29N3O4/c1-14(24)23-7-6-16-17(22-8-10-26-11-9-22)12-15(13-18(16)23)21(5)19(25)27-20(2,3)4/h12-13H,6-11H2,1-5H3. The highest BCUT2D eigenvalue weighted by Crippen LogP contribution is 2.40. The van der Waals surface area contributed by atoms with Crippen LogP contribution >= 0.6 is 0 Å². The van der Waals surface area contributed by atoms with Crippen LogP contribution in [0.3, 0.4) is 0 Å². The number of carbonyl (C=O) groups is 2. The van der Waals surface area contributed by atoms with Crippen molar-refractivity contribution >= 4 is 29.1 Å². The van der Waals surface area contributed by atoms with Gasteiger partial charge in [0.2, 0.25) is 5.91 Å². The van der Waals surface area contributed by atoms with Crippen LogP contribution in [0.1, 0.15) is 33.3 Å². The highest BCUT2D eigenvalue weighted by Gasteiger charge is 2.30. The number of hydrogen-bond acceptors (Lipinski definition) is 5. The van der Waals surface area contributed by atoms with E-state index in [1.807, 2.05) is 32.9 Å². The third-order valence-electron chi connectivity index (χ3n) is 4.85. The molecule has 0 saturated carbocycles. The van der Waals surface area contributed by atoms with Gasteiger partial charge >= 0.3 is 6.09 Å². The summed E-state index contributed by atoms with van der Waals surface area (Å²) in [5.41, 5.74) is 3.27. The number of ether oxygens (including phenoxy) is 2. The average Bonchev–Trinajstić information content (AvgIpc) is 3.03. The first-order valence-corrected chi connectivity index (χ1v) is 9.42. The third-order valence-corrected chi connectivity index (χ3v) is 4.85. The Balaban J connectivity index is 2.00. The zero-order chi connectivity index (χ0) is 19.8. The highest BCUT2D eigenvalue weighted by atomic mass is 16.6. The van der Waals surface area contributed by atoms with Gasteiger partial charge in [-0.25, -0.2) is 4.79 Å². The largest absolute Gasteiger partial charge is 0.443 e. The first-order valence-electron chi connectivity index (χ1n) is 9.42. The number of carbonyl (C=O) groups excluding carboxylic acids is 2. The normalized spacial score (nSPS) is 16.9. The van der Waals surface area contributed by atoms with E-state index in [1.165, 1.54) is 4.90 Å². The molecule has 2 amide bonds. The molecule has 27 heavy (non-hydrogen) atoms. The Labute approximate surface area is 160 Å². The number of amides is 2. The van der Waals surface area contributed by atoms with E-state index in [9.17, 15) is 9.59 Å². The second-order valence-electron chi connectivity index (χ2n) is 8.02. The van der Waals surface area contributed by atoms with Gasteiger partial charge in [0, 0.05) is 44.9 Å². The minimum atomic E-state index is -0.569. The average molecular weight is 375 g/mol. The van der Waals surface area contributed by atoms with Crippen molar-refractivity contribution in [2.75, 3.05) is 54.6 Å². The second kappa shape index (κ2) is 7.38. The van der Waals surface area contributed by atoms with E-state index in [1.54, 1.807) is 18.9 Å². The van der Waals surface area contributed by atoms with E-state index in [2.05, 4.69) is 4.90 Å². The first-order chi connectivity index (χ1) is 12.7. The second-order valence-corrected chi connectivity index (χ2v) is 8.02. The fourth-order valence-electron chi connectivity index (χ4n) is 3.51. The smallest absolute Gasteiger partial charge is 0.414 e. The van der Waals surface area contributed by atoms with Crippen molar-refractivity contribution in [2.45, 2.75) is 39.7 Å². The number of hydrogen-bond donors (Lipinski definition) is 0. The number of anilines is 3. The van der Waals surface area contributed by atoms with Gasteiger partial charge in [-0.2, -0.15) is 0 Å². The molecule has 3 rings (SSSR count). The molecule has 1 aromatic rings. The van der Waals surface area contributed by atoms with Gasteiger partial charge in [0.25, 0.3) is 0 Å². The van der Waals surface area contributed by atoms with Crippen LogP contribution in [0.2, 0.25) is 0 Å². The number of rotatable bonds is 2. The molecule has 2 aliphatic rings. The van der Waals surface area contributed by atoms with Gasteiger partial charge < -0.3 is 19.3 Å². The molecule has 0 unspecified atom stereocenters. The van der Waals surface area contributed by atoms with Crippen LogP contribution in [0.4, 0.5) is 21.9 Å². The predicted molar refractivity (Wildman–Crippen MR) is 106 cm³/mol. The summed E-state index contributed by atoms with van der Waals surface area (Å²) >= 11 is 0. The van der Waals surface area contributed by atoms with E-state index in [-0.39, 0.29) is 5.91 Å². The fourth-order valence-corrected chi connectivity index (χ4v) is 3.51. The van der Waals surface area contributed by atoms with Gasteiger partial charge in [0.05, 0.1) is 24.6 Å². The third kappa shape index (κ3) is 4.18. The summed E-state index contributed by atoms with van der Waals surface area (Å²) < 4.78 is 11.0. The van der Waals surface area contributed by atoms with Gasteiger partial charge in [0.1, 0.15) is 5.60 Å². The summed E-state index contributed by atoms with van der Waals surface area (Å²) in [4.78, 5) is 30.2. The van der Waals surface area contributed by atoms with Gasteiger partial charge in [-0.3, -0.25) is 9.69 Å². The summed E-state index contributed by atoms with van der Waals surface area (Å²) in [5.74, 6) is 0.0127. The van der Waals surface area contributed by atoms with Gasteiger partial charge in [-0.05, 0) is 39.3 Å². The number of benzene rings is 1. The molecule has 1 fully saturated rings. The fraction of sp³-hybridized carbons (Fsp3) is 0.600. The molecule has 1 saturated heterocycles. The number of fused-ring (bicyclic) bond motifs is 1. The SMILES string of the molecule is CC(=O)N1CCc2c(N3CCOCC3)cc(N(C)C(=O)OC(C)(C)C)cc21. The minimum absolute atomic E-state index is 0.0127. The highest BCUT2D eigenvalue weighted by molar-refractivity contribution is 5.98. The minimum Gasteiger partial charge on any atom is -0.443 e. The lowest BCUT2D eigenvalue weighted by Gasteiger charge is -2.32. The molecule has 0 spiro atoms. The summed E-state index contributed by atoms with van der Waals surface area (Å²) in [5, 5.41) is 0. The van der Waals surface area contributed by atoms with Gasteiger partial charge in [0.15, 0.2) is 0 Å². The van der Waals surface area contributed by atoms with Crippen molar-refractivity contribution in [3.8, 4) is 0 Å². The van der Waals surface area contributed by atoms with Crippen LogP contribution < -0.4 is 14.7 Å². The zero-order valence-electron chi connectivity index (χ0n) is 16.9. The van der Waals surface area contributed by atoms with E-state index < -0.39 is 11.7 Å². The molecule has 7 nitrogen and oxygen atoms in total. The Kier molecular flexibility index (Phi) is 5.33. The lowest BCUT2D eigenvalue weighted by molar-refractivity contribution is -0.116. The summed E-state index contributed by atoms with van der Waals surface area (Å²) in [6.07, 6.45) is 0.403. The Bertz CT molecular complexity index is 735. The molecule has 0 bridgehead atoms. The number of morpholine rings is 1. The van der Waals surface area contributed by atoms with Crippen molar-refractivity contribution in [2.24, 2.45) is 0 Å². The Morgan fingerprint density at radius 3 is 2.33 bits per heavy atom. The predicted octanol–water partition coefficient (Wildman–Crippen LogP) is 2.80. The van der Waals surface area contributed by atoms with Gasteiger partial charge in [-0.15, -0.1) is 0 Å². The lowest BCUT2D eigenvalue weighted by atomic mass is 10.1. The summed E-state index contributed by atoms with van der Waals surface area (Å²) in [6.45, 7) is 10.7. The molecular weight excluding hydrogens is 346 g/mol. The van der Waals surface area contributed by atoms with Crippen molar-refractivity contribution in [3.05, 3.63) is 17.7 Å². The van der Waals surface area contributed by atoms with Gasteiger partial charge in [-0.1, -0.05) is 0 Å². The molecule has 1 aromatic carbocycles. The maximum absolute atomic E-state index is 12.6. The molecular formula is C20H29N3O4. The Morgan fingerprint density at radius 1 is 1.11 bits per heavy atom. The van der Waals surface area contributed by atoms with Crippen molar-refractivity contribution in [1.82, 2.24) is 0 Å². The molecule has 0 aromatic heterocycles. The lowest BCUT2D eigenvalue weighted by Crippen LogP contribution is -2.37. The summed E-state index contributed by atoms with van der Waals surface area (Å²) in [6, 6.07) is 3.94. The molecule has 7 heteroatoms. The molecule has 0 aliphatic carbocycles. The van der Waals surface area contributed by atoms with Crippen LogP contribution in [-0.2, 0) is 20.7 Å². The van der Waals surface area contributed by atoms with Crippen LogP contribution in [-0.4, -0.2) is 57.5 Å². The van der Waals surface area contributed by atoms with Crippen LogP contribution in [0.15, 0.2) is 12.1 Å². The Hall–Kier alpha value is -2.28. The summed E-state index contributed by atoms with van der Waals surface area (Å²) in [7, 11) is 1.70. The number of nitrogens with zero attached hydrogens (tertiary/aromatic N) is 3. The molecule has 0 radical (unpaired) electrons. The van der Waals surface area contributed by atoms with Crippen molar-refractivity contribution < 1.29 is 19.1 Å². The van der Waals surface area contributed by atoms with Crippen molar-refractivity contribution in [1.29, 1.82) is 0 Å². The first kappa shape index (κ1) is 19.5. The van der Waals surface area contributed by atoms with E-state index >= 15 is 0 Å². The molecule has 0 atom stereocenters. The van der Waals surface area contributed by atoms with E-state index in [4.69, 9.17) is 9.47 Å². The molecule has 148 valence electrons. The monoisotopic (exact) mass is 375 g/mol. The van der Waals surface area contributed by atoms with Crippen LogP contribution in [0.25, 0.3) is 0 Å². The molecule has 2 heterocycles. The van der Waals surface area contributed by atoms with Crippen LogP contribution in [0.5, 0.6) is 0 Å². The van der Waals surface area contributed by atoms with Crippen molar-refractivity contribution in [3.63, 3.8) is 0 Å². The Morgan fingerprint density at radius 2 is 1.74 bits per heavy atom. The maximum atomic E-state index is 12.6. The maximum Gasteiger partial charge on any atom is 0.414 e. The van der Waals surface area contributed by atoms with Crippen LogP contribution in [0, 0.1) is 0 Å². The van der Waals surface area contributed by atoms with E-state index in [0.717, 1.165) is 42.1 Å². The topological polar surface area (TPSA) is 62.3 Å². The molecule has 2 aliphatic heterocycles. The molecule has 0 N–H and O–H groups in total. The zero-order valence-corrected chi connectivity index (χ0v) is 16.9.